The molecule has 300 valence electrons. The Bertz CT molecular complexity index is 2590. The van der Waals surface area contributed by atoms with Crippen LogP contribution >= 0.6 is 31.9 Å². The maximum atomic E-state index is 13.6. The van der Waals surface area contributed by atoms with Crippen LogP contribution in [0.1, 0.15) is 59.0 Å². The van der Waals surface area contributed by atoms with Gasteiger partial charge in [0, 0.05) is 50.9 Å². The van der Waals surface area contributed by atoms with Gasteiger partial charge in [0.2, 0.25) is 5.60 Å². The van der Waals surface area contributed by atoms with E-state index in [1.165, 1.54) is 0 Å². The van der Waals surface area contributed by atoms with Crippen LogP contribution in [0.2, 0.25) is 0 Å². The zero-order valence-electron chi connectivity index (χ0n) is 32.2. The summed E-state index contributed by atoms with van der Waals surface area (Å²) in [5, 5.41) is 9.47. The van der Waals surface area contributed by atoms with Gasteiger partial charge in [-0.05, 0) is 36.4 Å². The quantitative estimate of drug-likeness (QED) is 0.0916. The van der Waals surface area contributed by atoms with Crippen LogP contribution in [0.4, 0.5) is 11.4 Å². The van der Waals surface area contributed by atoms with Gasteiger partial charge in [0.15, 0.2) is 17.3 Å². The number of Topliss-reactive ketones (excluding diaryl/α,β-unsaturated/α-hetero) is 4. The number of nitrogens with one attached hydrogen (secondary N) is 1. The minimum absolute atomic E-state index is 0.0754. The number of aliphatic hydroxyl groups is 1. The highest BCUT2D eigenvalue weighted by Crippen LogP contribution is 2.58. The molecular weight excluding hydrogens is 892 g/mol. The van der Waals surface area contributed by atoms with Crippen LogP contribution in [0.25, 0.3) is 5.76 Å². The maximum absolute atomic E-state index is 13.6. The Kier molecular flexibility index (Phi) is 13.6. The molecule has 2 N–H and O–H groups in total. The number of carbonyl (C=O) groups excluding carboxylic acids is 6. The van der Waals surface area contributed by atoms with Gasteiger partial charge in [-0.3, -0.25) is 28.8 Å². The lowest BCUT2D eigenvalue weighted by molar-refractivity contribution is -0.134. The van der Waals surface area contributed by atoms with Crippen LogP contribution in [-0.2, 0) is 19.9 Å². The monoisotopic (exact) mass is 926 g/mol. The molecule has 3 heterocycles. The first-order chi connectivity index (χ1) is 29.0. The fraction of sp³-hybridized carbons (Fsp3) is 0.0833. The molecule has 0 saturated carbocycles. The third kappa shape index (κ3) is 8.71. The van der Waals surface area contributed by atoms with Gasteiger partial charge in [0.05, 0.1) is 23.4 Å². The maximum Gasteiger partial charge on any atom is 0.296 e. The molecule has 0 radical (unpaired) electrons. The molecule has 12 heteroatoms. The second kappa shape index (κ2) is 19.0. The number of fused-ring (bicyclic) bond motifs is 3. The summed E-state index contributed by atoms with van der Waals surface area (Å²) in [6, 6.07) is 46.9. The lowest BCUT2D eigenvalue weighted by Crippen LogP contribution is -2.50. The first kappa shape index (κ1) is 43.0. The Morgan fingerprint density at radius 2 is 1.13 bits per heavy atom. The molecule has 0 saturated heterocycles. The average Bonchev–Trinajstić information content (AvgIpc) is 3.68. The topological polar surface area (TPSA) is 147 Å². The van der Waals surface area contributed by atoms with E-state index in [0.29, 0.717) is 44.8 Å². The molecular formula is C48H36Br2N2O8. The molecule has 3 aliphatic heterocycles. The fourth-order valence-corrected chi connectivity index (χ4v) is 7.48. The summed E-state index contributed by atoms with van der Waals surface area (Å²) >= 11 is 6.71. The predicted molar refractivity (Wildman–Crippen MR) is 236 cm³/mol. The first-order valence-corrected chi connectivity index (χ1v) is 20.0. The highest BCUT2D eigenvalue weighted by atomic mass is 79.9. The Morgan fingerprint density at radius 1 is 0.650 bits per heavy atom. The molecule has 1 spiro atoms. The first-order valence-electron chi connectivity index (χ1n) is 18.4. The van der Waals surface area contributed by atoms with Crippen LogP contribution in [0.3, 0.4) is 0 Å². The predicted octanol–water partition coefficient (Wildman–Crippen LogP) is 9.28. The molecule has 10 nitrogen and oxygen atoms in total. The van der Waals surface area contributed by atoms with Crippen LogP contribution in [0.5, 0.6) is 0 Å². The van der Waals surface area contributed by atoms with Gasteiger partial charge in [-0.1, -0.05) is 153 Å². The van der Waals surface area contributed by atoms with E-state index in [1.807, 2.05) is 78.9 Å². The average molecular weight is 929 g/mol. The number of anilines is 2. The van der Waals surface area contributed by atoms with Crippen molar-refractivity contribution in [2.45, 2.75) is 12.0 Å². The van der Waals surface area contributed by atoms with Crippen molar-refractivity contribution in [2.24, 2.45) is 0 Å². The van der Waals surface area contributed by atoms with Gasteiger partial charge >= 0.3 is 0 Å². The number of hydrogen-bond acceptors (Lipinski definition) is 8. The smallest absolute Gasteiger partial charge is 0.296 e. The van der Waals surface area contributed by atoms with E-state index < -0.39 is 17.3 Å². The fourth-order valence-electron chi connectivity index (χ4n) is 6.75. The minimum Gasteiger partial charge on any atom is -0.466 e. The zero-order chi connectivity index (χ0) is 43.0. The number of nitrogens with zero attached hydrogens (tertiary/aromatic N) is 1. The van der Waals surface area contributed by atoms with E-state index in [0.717, 1.165) is 27.3 Å². The molecule has 0 aromatic heterocycles. The summed E-state index contributed by atoms with van der Waals surface area (Å²) in [4.78, 5) is 74.2. The molecule has 1 atom stereocenters. The zero-order valence-corrected chi connectivity index (χ0v) is 35.4. The standard InChI is InChI=1S/C24H16BrNO3.C15H12O2.C8H4BrNO2.CH4O/c1-26-19-13-12-17(25)14-18(19)24(23(26)28)20(21(27)15-8-4-2-5-9-15)22(29-24)16-10-6-3-7-11-16;16-14(12-7-3-1-4-8-12)11-15(17)13-9-5-2-6-10-13;9-4-1-2-6-5(3-4)7(11)8(12)10-6;1-2/h2-14H,1H3;1-10H,11H2;1-3H,(H,10,11,12);2H,1H3/t24-;;;/m1.../s1. The second-order valence-corrected chi connectivity index (χ2v) is 15.1. The SMILES string of the molecule is CN1C(=O)[C@@]2(OC(c3ccccc3)=C2C(=O)c2ccccc2)c2cc(Br)ccc21.CO.O=C(CC(=O)c1ccccc1)c1ccccc1.O=C1Nc2ccc(Br)cc2C1=O. The van der Waals surface area contributed by atoms with Crippen molar-refractivity contribution in [3.05, 3.63) is 206 Å². The van der Waals surface area contributed by atoms with E-state index in [2.05, 4.69) is 37.2 Å². The van der Waals surface area contributed by atoms with Gasteiger partial charge in [-0.15, -0.1) is 0 Å². The highest BCUT2D eigenvalue weighted by molar-refractivity contribution is 9.10. The molecule has 3 aliphatic rings. The molecule has 60 heavy (non-hydrogen) atoms. The largest absolute Gasteiger partial charge is 0.466 e. The summed E-state index contributed by atoms with van der Waals surface area (Å²) in [5.74, 6) is -1.31. The molecule has 9 rings (SSSR count). The van der Waals surface area contributed by atoms with Crippen molar-refractivity contribution >= 4 is 83.9 Å². The Labute approximate surface area is 362 Å². The normalized spacial score (nSPS) is 15.3. The second-order valence-electron chi connectivity index (χ2n) is 13.3. The molecule has 2 amide bonds. The van der Waals surface area contributed by atoms with Gasteiger partial charge in [0.1, 0.15) is 11.3 Å². The molecule has 6 aromatic rings. The summed E-state index contributed by atoms with van der Waals surface area (Å²) < 4.78 is 7.86. The molecule has 0 aliphatic carbocycles. The number of rotatable bonds is 7. The van der Waals surface area contributed by atoms with Gasteiger partial charge in [-0.25, -0.2) is 0 Å². The highest BCUT2D eigenvalue weighted by Gasteiger charge is 2.64. The molecule has 0 bridgehead atoms. The Hall–Kier alpha value is -6.60. The number of ether oxygens (including phenoxy) is 1. The van der Waals surface area contributed by atoms with E-state index in [1.54, 1.807) is 90.8 Å². The number of hydrogen-bond donors (Lipinski definition) is 2. The van der Waals surface area contributed by atoms with Crippen LogP contribution in [-0.4, -0.2) is 54.2 Å². The third-order valence-electron chi connectivity index (χ3n) is 9.63. The number of benzene rings is 6. The van der Waals surface area contributed by atoms with Crippen molar-refractivity contribution in [1.82, 2.24) is 0 Å². The molecule has 0 fully saturated rings. The van der Waals surface area contributed by atoms with E-state index in [4.69, 9.17) is 9.84 Å². The van der Waals surface area contributed by atoms with E-state index >= 15 is 0 Å². The minimum atomic E-state index is -1.42. The lowest BCUT2D eigenvalue weighted by atomic mass is 9.76. The van der Waals surface area contributed by atoms with Gasteiger partial charge in [0.25, 0.3) is 17.6 Å². The van der Waals surface area contributed by atoms with Crippen molar-refractivity contribution in [3.63, 3.8) is 0 Å². The van der Waals surface area contributed by atoms with Crippen molar-refractivity contribution in [1.29, 1.82) is 0 Å². The number of ketones is 4. The number of carbonyl (C=O) groups is 6. The van der Waals surface area contributed by atoms with Gasteiger partial charge in [-0.2, -0.15) is 0 Å². The summed E-state index contributed by atoms with van der Waals surface area (Å²) in [7, 11) is 2.71. The number of amides is 2. The third-order valence-corrected chi connectivity index (χ3v) is 10.6. The van der Waals surface area contributed by atoms with E-state index in [9.17, 15) is 28.8 Å². The number of halogens is 2. The Morgan fingerprint density at radius 3 is 1.68 bits per heavy atom. The lowest BCUT2D eigenvalue weighted by Gasteiger charge is -2.41. The summed E-state index contributed by atoms with van der Waals surface area (Å²) in [5.41, 5.74) is 3.86. The number of likely N-dealkylation sites (N-methyl/N-ethyl adjacent to an activating group) is 1. The van der Waals surface area contributed by atoms with Crippen LogP contribution in [0, 0.1) is 0 Å². The summed E-state index contributed by atoms with van der Waals surface area (Å²) in [6.07, 6.45) is -0.0754. The molecule has 0 unspecified atom stereocenters. The van der Waals surface area contributed by atoms with Crippen LogP contribution in [0.15, 0.2) is 172 Å². The summed E-state index contributed by atoms with van der Waals surface area (Å²) in [6.45, 7) is 0. The van der Waals surface area contributed by atoms with Crippen molar-refractivity contribution < 1.29 is 38.6 Å². The van der Waals surface area contributed by atoms with Crippen LogP contribution < -0.4 is 10.2 Å². The van der Waals surface area contributed by atoms with Crippen molar-refractivity contribution in [3.8, 4) is 0 Å². The molecule has 6 aromatic carbocycles. The number of aliphatic hydroxyl groups excluding tert-OH is 1. The van der Waals surface area contributed by atoms with E-state index in [-0.39, 0.29) is 29.7 Å². The van der Waals surface area contributed by atoms with Gasteiger partial charge < -0.3 is 20.1 Å². The van der Waals surface area contributed by atoms with Crippen molar-refractivity contribution in [2.75, 3.05) is 24.4 Å². The Balaban J connectivity index is 0.000000164.